The molecule has 0 amide bonds. The third kappa shape index (κ3) is 6.38. The van der Waals surface area contributed by atoms with Crippen LogP contribution in [0.15, 0.2) is 18.2 Å². The lowest BCUT2D eigenvalue weighted by molar-refractivity contribution is 0.296. The Morgan fingerprint density at radius 3 is 2.71 bits per heavy atom. The van der Waals surface area contributed by atoms with Gasteiger partial charge in [-0.05, 0) is 31.2 Å². The fourth-order valence-electron chi connectivity index (χ4n) is 1.33. The number of nitrogens with one attached hydrogen (secondary N) is 2. The number of aliphatic hydroxyl groups excluding tert-OH is 1. The van der Waals surface area contributed by atoms with Gasteiger partial charge in [-0.25, -0.2) is 4.98 Å². The molecule has 0 aliphatic carbocycles. The molecule has 0 aliphatic rings. The summed E-state index contributed by atoms with van der Waals surface area (Å²) in [4.78, 5) is 4.42. The molecule has 17 heavy (non-hydrogen) atoms. The molecule has 0 fully saturated rings. The van der Waals surface area contributed by atoms with Gasteiger partial charge < -0.3 is 15.7 Å². The van der Waals surface area contributed by atoms with Crippen LogP contribution in [-0.2, 0) is 0 Å². The Morgan fingerprint density at radius 2 is 2.00 bits per heavy atom. The van der Waals surface area contributed by atoms with Crippen molar-refractivity contribution in [3.8, 4) is 0 Å². The van der Waals surface area contributed by atoms with Crippen LogP contribution in [0.1, 0.15) is 13.3 Å². The van der Waals surface area contributed by atoms with Crippen molar-refractivity contribution in [2.24, 2.45) is 0 Å². The molecule has 1 rings (SSSR count). The molecule has 1 aromatic rings. The Balaban J connectivity index is 2.19. The fraction of sp³-hybridized carbons (Fsp3) is 0.583. The van der Waals surface area contributed by atoms with Gasteiger partial charge in [0.25, 0.3) is 0 Å². The van der Waals surface area contributed by atoms with E-state index in [1.807, 2.05) is 30.0 Å². The van der Waals surface area contributed by atoms with E-state index in [-0.39, 0.29) is 6.61 Å². The molecule has 0 aromatic carbocycles. The molecule has 5 heteroatoms. The third-order valence-electron chi connectivity index (χ3n) is 2.11. The van der Waals surface area contributed by atoms with Crippen LogP contribution in [0.3, 0.4) is 0 Å². The van der Waals surface area contributed by atoms with E-state index in [1.165, 1.54) is 0 Å². The lowest BCUT2D eigenvalue weighted by atomic mass is 10.4. The molecule has 96 valence electrons. The van der Waals surface area contributed by atoms with Crippen molar-refractivity contribution in [3.05, 3.63) is 18.2 Å². The Hall–Kier alpha value is -0.940. The quantitative estimate of drug-likeness (QED) is 0.590. The van der Waals surface area contributed by atoms with E-state index < -0.39 is 0 Å². The smallest absolute Gasteiger partial charge is 0.128 e. The standard InChI is InChI=1S/C12H21N3OS/c1-2-13-11-5-3-6-12(15-11)14-7-10-17-9-4-8-16/h3,5-6,16H,2,4,7-10H2,1H3,(H2,13,14,15). The highest BCUT2D eigenvalue weighted by atomic mass is 32.2. The molecule has 1 heterocycles. The van der Waals surface area contributed by atoms with Crippen molar-refractivity contribution in [1.82, 2.24) is 4.98 Å². The van der Waals surface area contributed by atoms with E-state index in [2.05, 4.69) is 22.5 Å². The van der Waals surface area contributed by atoms with Crippen molar-refractivity contribution in [2.45, 2.75) is 13.3 Å². The number of anilines is 2. The summed E-state index contributed by atoms with van der Waals surface area (Å²) in [6.07, 6.45) is 0.874. The summed E-state index contributed by atoms with van der Waals surface area (Å²) in [7, 11) is 0. The first-order valence-corrected chi connectivity index (χ1v) is 7.15. The van der Waals surface area contributed by atoms with Crippen molar-refractivity contribution < 1.29 is 5.11 Å². The first kappa shape index (κ1) is 14.1. The number of pyridine rings is 1. The highest BCUT2D eigenvalue weighted by molar-refractivity contribution is 7.99. The zero-order valence-electron chi connectivity index (χ0n) is 10.3. The molecule has 1 aromatic heterocycles. The van der Waals surface area contributed by atoms with E-state index in [0.717, 1.165) is 42.7 Å². The van der Waals surface area contributed by atoms with Crippen LogP contribution in [0.5, 0.6) is 0 Å². The SMILES string of the molecule is CCNc1cccc(NCCSCCCO)n1. The lowest BCUT2D eigenvalue weighted by Gasteiger charge is -2.07. The predicted molar refractivity (Wildman–Crippen MR) is 75.9 cm³/mol. The monoisotopic (exact) mass is 255 g/mol. The van der Waals surface area contributed by atoms with Gasteiger partial charge in [0.15, 0.2) is 0 Å². The number of thioether (sulfide) groups is 1. The molecular weight excluding hydrogens is 234 g/mol. The van der Waals surface area contributed by atoms with Crippen molar-refractivity contribution in [2.75, 3.05) is 41.8 Å². The molecule has 0 radical (unpaired) electrons. The lowest BCUT2D eigenvalue weighted by Crippen LogP contribution is -2.07. The summed E-state index contributed by atoms with van der Waals surface area (Å²) in [6.45, 7) is 4.12. The van der Waals surface area contributed by atoms with Gasteiger partial charge in [0.2, 0.25) is 0 Å². The van der Waals surface area contributed by atoms with Gasteiger partial charge in [-0.3, -0.25) is 0 Å². The van der Waals surface area contributed by atoms with Crippen LogP contribution in [0, 0.1) is 0 Å². The average molecular weight is 255 g/mol. The summed E-state index contributed by atoms with van der Waals surface area (Å²) in [6, 6.07) is 5.93. The van der Waals surface area contributed by atoms with Crippen LogP contribution < -0.4 is 10.6 Å². The largest absolute Gasteiger partial charge is 0.396 e. The summed E-state index contributed by atoms with van der Waals surface area (Å²) in [5.74, 6) is 3.87. The third-order valence-corrected chi connectivity index (χ3v) is 3.18. The fourth-order valence-corrected chi connectivity index (χ4v) is 2.12. The van der Waals surface area contributed by atoms with Crippen LogP contribution >= 0.6 is 11.8 Å². The normalized spacial score (nSPS) is 10.2. The number of aliphatic hydroxyl groups is 1. The van der Waals surface area contributed by atoms with Crippen molar-refractivity contribution in [3.63, 3.8) is 0 Å². The van der Waals surface area contributed by atoms with Crippen LogP contribution in [0.25, 0.3) is 0 Å². The Labute approximate surface area is 107 Å². The van der Waals surface area contributed by atoms with Crippen LogP contribution in [-0.4, -0.2) is 41.3 Å². The molecule has 0 atom stereocenters. The molecule has 0 unspecified atom stereocenters. The minimum absolute atomic E-state index is 0.284. The minimum atomic E-state index is 0.284. The summed E-state index contributed by atoms with van der Waals surface area (Å²) in [5.41, 5.74) is 0. The van der Waals surface area contributed by atoms with Crippen molar-refractivity contribution in [1.29, 1.82) is 0 Å². The maximum atomic E-state index is 8.64. The molecule has 4 nitrogen and oxygen atoms in total. The molecule has 0 saturated carbocycles. The molecule has 0 aliphatic heterocycles. The average Bonchev–Trinajstić information content (AvgIpc) is 2.35. The summed E-state index contributed by atoms with van der Waals surface area (Å²) in [5, 5.41) is 15.1. The van der Waals surface area contributed by atoms with Gasteiger partial charge in [-0.2, -0.15) is 11.8 Å². The second-order valence-electron chi connectivity index (χ2n) is 3.55. The van der Waals surface area contributed by atoms with Gasteiger partial charge in [0.1, 0.15) is 11.6 Å². The maximum absolute atomic E-state index is 8.64. The Kier molecular flexibility index (Phi) is 7.58. The van der Waals surface area contributed by atoms with Crippen LogP contribution in [0.4, 0.5) is 11.6 Å². The zero-order chi connectivity index (χ0) is 12.3. The molecular formula is C12H21N3OS. The zero-order valence-corrected chi connectivity index (χ0v) is 11.1. The van der Waals surface area contributed by atoms with Gasteiger partial charge in [0, 0.05) is 25.4 Å². The summed E-state index contributed by atoms with van der Waals surface area (Å²) < 4.78 is 0. The first-order chi connectivity index (χ1) is 8.36. The minimum Gasteiger partial charge on any atom is -0.396 e. The van der Waals surface area contributed by atoms with E-state index in [0.29, 0.717) is 0 Å². The number of nitrogens with zero attached hydrogens (tertiary/aromatic N) is 1. The molecule has 0 saturated heterocycles. The van der Waals surface area contributed by atoms with Gasteiger partial charge in [-0.1, -0.05) is 6.07 Å². The number of aromatic nitrogens is 1. The van der Waals surface area contributed by atoms with Gasteiger partial charge in [-0.15, -0.1) is 0 Å². The Morgan fingerprint density at radius 1 is 1.24 bits per heavy atom. The maximum Gasteiger partial charge on any atom is 0.128 e. The predicted octanol–water partition coefficient (Wildman–Crippen LogP) is 2.04. The first-order valence-electron chi connectivity index (χ1n) is 6.00. The van der Waals surface area contributed by atoms with Gasteiger partial charge >= 0.3 is 0 Å². The van der Waals surface area contributed by atoms with Crippen LogP contribution in [0.2, 0.25) is 0 Å². The van der Waals surface area contributed by atoms with E-state index in [9.17, 15) is 0 Å². The topological polar surface area (TPSA) is 57.2 Å². The van der Waals surface area contributed by atoms with Gasteiger partial charge in [0.05, 0.1) is 0 Å². The van der Waals surface area contributed by atoms with E-state index in [1.54, 1.807) is 0 Å². The molecule has 0 bridgehead atoms. The number of hydrogen-bond acceptors (Lipinski definition) is 5. The van der Waals surface area contributed by atoms with Crippen molar-refractivity contribution >= 4 is 23.4 Å². The Bertz CT molecular complexity index is 310. The second kappa shape index (κ2) is 9.13. The second-order valence-corrected chi connectivity index (χ2v) is 4.78. The highest BCUT2D eigenvalue weighted by Gasteiger charge is 1.96. The number of rotatable bonds is 9. The molecule has 3 N–H and O–H groups in total. The highest BCUT2D eigenvalue weighted by Crippen LogP contribution is 2.09. The van der Waals surface area contributed by atoms with E-state index in [4.69, 9.17) is 5.11 Å². The molecule has 0 spiro atoms. The summed E-state index contributed by atoms with van der Waals surface area (Å²) >= 11 is 1.85. The number of hydrogen-bond donors (Lipinski definition) is 3. The van der Waals surface area contributed by atoms with E-state index >= 15 is 0 Å².